The number of carbonyl (C=O) groups excluding carboxylic acids is 1. The lowest BCUT2D eigenvalue weighted by Crippen LogP contribution is -2.38. The third-order valence-corrected chi connectivity index (χ3v) is 5.33. The van der Waals surface area contributed by atoms with E-state index in [1.165, 1.54) is 11.8 Å². The number of nitrogens with zero attached hydrogens (tertiary/aromatic N) is 4. The number of thioether (sulfide) groups is 1. The molecule has 1 aromatic heterocycles. The van der Waals surface area contributed by atoms with Crippen molar-refractivity contribution >= 4 is 29.3 Å². The minimum atomic E-state index is -0.675. The van der Waals surface area contributed by atoms with Gasteiger partial charge in [0.2, 0.25) is 11.9 Å². The zero-order valence-electron chi connectivity index (χ0n) is 14.5. The first kappa shape index (κ1) is 18.2. The normalized spacial score (nSPS) is 17.2. The molecular formula is C17H19F2N5O2S. The Bertz CT molecular complexity index is 837. The lowest BCUT2D eigenvalue weighted by Gasteiger charge is -2.27. The highest BCUT2D eigenvalue weighted by Crippen LogP contribution is 2.41. The summed E-state index contributed by atoms with van der Waals surface area (Å²) < 4.78 is 34.3. The van der Waals surface area contributed by atoms with Crippen molar-refractivity contribution in [3.8, 4) is 0 Å². The number of amides is 1. The molecule has 1 aromatic carbocycles. The fraction of sp³-hybridized carbons (Fsp3) is 0.471. The minimum Gasteiger partial charge on any atom is -0.378 e. The number of ether oxygens (including phenoxy) is 1. The molecule has 1 amide bonds. The summed E-state index contributed by atoms with van der Waals surface area (Å²) in [5, 5.41) is 11.6. The quantitative estimate of drug-likeness (QED) is 0.758. The first-order chi connectivity index (χ1) is 13.1. The predicted molar refractivity (Wildman–Crippen MR) is 97.0 cm³/mol. The Kier molecular flexibility index (Phi) is 5.26. The van der Waals surface area contributed by atoms with Crippen molar-refractivity contribution in [2.45, 2.75) is 24.0 Å². The van der Waals surface area contributed by atoms with E-state index in [1.54, 1.807) is 0 Å². The van der Waals surface area contributed by atoms with E-state index in [-0.39, 0.29) is 11.4 Å². The fourth-order valence-corrected chi connectivity index (χ4v) is 3.71. The predicted octanol–water partition coefficient (Wildman–Crippen LogP) is 2.46. The van der Waals surface area contributed by atoms with Gasteiger partial charge in [-0.2, -0.15) is 0 Å². The largest absolute Gasteiger partial charge is 0.378 e. The molecule has 0 spiro atoms. The lowest BCUT2D eigenvalue weighted by atomic mass is 10.3. The van der Waals surface area contributed by atoms with E-state index in [2.05, 4.69) is 25.0 Å². The zero-order valence-corrected chi connectivity index (χ0v) is 15.3. The van der Waals surface area contributed by atoms with Crippen LogP contribution in [-0.2, 0) is 9.53 Å². The molecule has 2 fully saturated rings. The summed E-state index contributed by atoms with van der Waals surface area (Å²) in [6, 6.07) is 3.30. The van der Waals surface area contributed by atoms with Gasteiger partial charge in [0.25, 0.3) is 0 Å². The van der Waals surface area contributed by atoms with E-state index in [9.17, 15) is 13.6 Å². The molecule has 27 heavy (non-hydrogen) atoms. The van der Waals surface area contributed by atoms with Crippen molar-refractivity contribution in [1.29, 1.82) is 0 Å². The summed E-state index contributed by atoms with van der Waals surface area (Å²) in [5.74, 6) is -0.875. The highest BCUT2D eigenvalue weighted by Gasteiger charge is 2.32. The van der Waals surface area contributed by atoms with Gasteiger partial charge >= 0.3 is 0 Å². The number of benzene rings is 1. The molecule has 10 heteroatoms. The van der Waals surface area contributed by atoms with Crippen molar-refractivity contribution in [2.24, 2.45) is 0 Å². The van der Waals surface area contributed by atoms with Crippen LogP contribution < -0.4 is 10.2 Å². The standard InChI is InChI=1S/C17H19F2N5O2S/c18-11-1-4-13(19)14(9-11)20-15(25)10-27-17-22-21-16(24(17)12-2-3-12)23-5-7-26-8-6-23/h1,4,9,12H,2-3,5-8,10H2,(H,20,25). The monoisotopic (exact) mass is 395 g/mol. The molecule has 0 radical (unpaired) electrons. The van der Waals surface area contributed by atoms with Crippen LogP contribution in [0.4, 0.5) is 20.4 Å². The van der Waals surface area contributed by atoms with Crippen molar-refractivity contribution < 1.29 is 18.3 Å². The summed E-state index contributed by atoms with van der Waals surface area (Å²) >= 11 is 1.24. The third-order valence-electron chi connectivity index (χ3n) is 4.39. The molecule has 1 aliphatic heterocycles. The number of hydrogen-bond donors (Lipinski definition) is 1. The number of carbonyl (C=O) groups is 1. The highest BCUT2D eigenvalue weighted by molar-refractivity contribution is 7.99. The van der Waals surface area contributed by atoms with Gasteiger partial charge in [0.05, 0.1) is 24.7 Å². The molecule has 1 saturated carbocycles. The maximum Gasteiger partial charge on any atom is 0.234 e. The van der Waals surface area contributed by atoms with E-state index in [1.807, 2.05) is 0 Å². The Balaban J connectivity index is 1.42. The Morgan fingerprint density at radius 2 is 2.04 bits per heavy atom. The summed E-state index contributed by atoms with van der Waals surface area (Å²) in [4.78, 5) is 14.3. The number of halogens is 2. The van der Waals surface area contributed by atoms with Gasteiger partial charge < -0.3 is 15.0 Å². The van der Waals surface area contributed by atoms with E-state index in [4.69, 9.17) is 4.74 Å². The van der Waals surface area contributed by atoms with Crippen molar-refractivity contribution in [1.82, 2.24) is 14.8 Å². The second-order valence-corrected chi connectivity index (χ2v) is 7.39. The summed E-state index contributed by atoms with van der Waals surface area (Å²) in [6.07, 6.45) is 2.12. The number of nitrogens with one attached hydrogen (secondary N) is 1. The fourth-order valence-electron chi connectivity index (χ4n) is 2.91. The molecular weight excluding hydrogens is 376 g/mol. The zero-order chi connectivity index (χ0) is 18.8. The second-order valence-electron chi connectivity index (χ2n) is 6.44. The molecule has 0 unspecified atom stereocenters. The van der Waals surface area contributed by atoms with Crippen molar-refractivity contribution in [3.63, 3.8) is 0 Å². The molecule has 1 N–H and O–H groups in total. The maximum atomic E-state index is 13.7. The van der Waals surface area contributed by atoms with Gasteiger partial charge in [0.1, 0.15) is 11.6 Å². The molecule has 0 atom stereocenters. The highest BCUT2D eigenvalue weighted by atomic mass is 32.2. The Morgan fingerprint density at radius 1 is 1.26 bits per heavy atom. The van der Waals surface area contributed by atoms with Gasteiger partial charge in [-0.1, -0.05) is 11.8 Å². The smallest absolute Gasteiger partial charge is 0.234 e. The van der Waals surface area contributed by atoms with Gasteiger partial charge in [0.15, 0.2) is 5.16 Å². The van der Waals surface area contributed by atoms with Crippen LogP contribution in [0.5, 0.6) is 0 Å². The SMILES string of the molecule is O=C(CSc1nnc(N2CCOCC2)n1C1CC1)Nc1cc(F)ccc1F. The average molecular weight is 395 g/mol. The van der Waals surface area contributed by atoms with Gasteiger partial charge in [0, 0.05) is 25.2 Å². The molecule has 0 bridgehead atoms. The Labute approximate surface area is 159 Å². The molecule has 7 nitrogen and oxygen atoms in total. The van der Waals surface area contributed by atoms with Crippen molar-refractivity contribution in [3.05, 3.63) is 29.8 Å². The van der Waals surface area contributed by atoms with E-state index < -0.39 is 17.5 Å². The van der Waals surface area contributed by atoms with Crippen LogP contribution in [0.3, 0.4) is 0 Å². The number of rotatable bonds is 6. The number of anilines is 2. The van der Waals surface area contributed by atoms with Crippen LogP contribution in [0.2, 0.25) is 0 Å². The molecule has 144 valence electrons. The average Bonchev–Trinajstić information content (AvgIpc) is 3.43. The molecule has 1 aliphatic carbocycles. The Hall–Kier alpha value is -2.20. The summed E-state index contributed by atoms with van der Waals surface area (Å²) in [5.41, 5.74) is -0.168. The molecule has 1 saturated heterocycles. The molecule has 2 heterocycles. The van der Waals surface area contributed by atoms with Gasteiger partial charge in [-0.05, 0) is 25.0 Å². The van der Waals surface area contributed by atoms with Crippen LogP contribution in [0.15, 0.2) is 23.4 Å². The molecule has 4 rings (SSSR count). The topological polar surface area (TPSA) is 72.3 Å². The second kappa shape index (κ2) is 7.81. The maximum absolute atomic E-state index is 13.7. The van der Waals surface area contributed by atoms with E-state index >= 15 is 0 Å². The van der Waals surface area contributed by atoms with Gasteiger partial charge in [-0.25, -0.2) is 8.78 Å². The number of hydrogen-bond acceptors (Lipinski definition) is 6. The van der Waals surface area contributed by atoms with E-state index in [0.717, 1.165) is 50.1 Å². The Morgan fingerprint density at radius 3 is 2.78 bits per heavy atom. The third kappa shape index (κ3) is 4.22. The van der Waals surface area contributed by atoms with Crippen LogP contribution in [0.1, 0.15) is 18.9 Å². The molecule has 2 aliphatic rings. The lowest BCUT2D eigenvalue weighted by molar-refractivity contribution is -0.113. The first-order valence-corrected chi connectivity index (χ1v) is 9.75. The number of aromatic nitrogens is 3. The minimum absolute atomic E-state index is 0.0317. The summed E-state index contributed by atoms with van der Waals surface area (Å²) in [7, 11) is 0. The molecule has 2 aromatic rings. The van der Waals surface area contributed by atoms with Crippen LogP contribution in [0, 0.1) is 11.6 Å². The summed E-state index contributed by atoms with van der Waals surface area (Å²) in [6.45, 7) is 2.83. The van der Waals surface area contributed by atoms with Crippen LogP contribution >= 0.6 is 11.8 Å². The van der Waals surface area contributed by atoms with Crippen LogP contribution in [0.25, 0.3) is 0 Å². The first-order valence-electron chi connectivity index (χ1n) is 8.77. The number of morpholine rings is 1. The van der Waals surface area contributed by atoms with Gasteiger partial charge in [-0.15, -0.1) is 10.2 Å². The van der Waals surface area contributed by atoms with E-state index in [0.29, 0.717) is 24.4 Å². The van der Waals surface area contributed by atoms with Crippen LogP contribution in [-0.4, -0.2) is 52.7 Å². The van der Waals surface area contributed by atoms with Crippen molar-refractivity contribution in [2.75, 3.05) is 42.3 Å². The van der Waals surface area contributed by atoms with Gasteiger partial charge in [-0.3, -0.25) is 9.36 Å².